The molecule has 0 aliphatic carbocycles. The molecule has 0 spiro atoms. The average Bonchev–Trinajstić information content (AvgIpc) is 3.09. The Balaban J connectivity index is 1.29. The number of esters is 1. The third-order valence-electron chi connectivity index (χ3n) is 4.79. The summed E-state index contributed by atoms with van der Waals surface area (Å²) in [5.74, 6) is 0.0578. The number of sulfonamides is 1. The Morgan fingerprint density at radius 1 is 0.941 bits per heavy atom. The number of amides is 1. The highest BCUT2D eigenvalue weighted by molar-refractivity contribution is 7.90. The summed E-state index contributed by atoms with van der Waals surface area (Å²) >= 11 is 0. The standard InChI is InChI=1S/C24H21N3O6S/c1-16(25-23-20-9-5-6-10-21(20)34(30,31)27-23)24(29)32-15-22(28)26-17-11-13-19(14-12-17)33-18-7-3-2-4-8-18/h2-14,16H,15H2,1H3,(H,25,27)(H,26,28)/t16-/m0/s1. The van der Waals surface area contributed by atoms with E-state index in [2.05, 4.69) is 15.0 Å². The number of amidine groups is 1. The van der Waals surface area contributed by atoms with Crippen LogP contribution in [0.2, 0.25) is 0 Å². The molecule has 0 radical (unpaired) electrons. The van der Waals surface area contributed by atoms with Crippen molar-refractivity contribution < 1.29 is 27.5 Å². The Bertz CT molecular complexity index is 1340. The second kappa shape index (κ2) is 9.75. The van der Waals surface area contributed by atoms with Gasteiger partial charge >= 0.3 is 5.97 Å². The molecule has 2 N–H and O–H groups in total. The number of aliphatic imine (C=N–C) groups is 1. The fraction of sp³-hybridized carbons (Fsp3) is 0.125. The molecule has 0 unspecified atom stereocenters. The lowest BCUT2D eigenvalue weighted by Gasteiger charge is -2.10. The Morgan fingerprint density at radius 2 is 1.59 bits per heavy atom. The second-order valence-corrected chi connectivity index (χ2v) is 9.00. The molecule has 1 aliphatic heterocycles. The van der Waals surface area contributed by atoms with Crippen LogP contribution in [0, 0.1) is 0 Å². The van der Waals surface area contributed by atoms with Crippen LogP contribution >= 0.6 is 0 Å². The molecule has 3 aromatic carbocycles. The summed E-state index contributed by atoms with van der Waals surface area (Å²) in [5, 5.41) is 2.62. The number of ether oxygens (including phenoxy) is 2. The molecule has 1 atom stereocenters. The van der Waals surface area contributed by atoms with Crippen molar-refractivity contribution >= 4 is 33.4 Å². The predicted molar refractivity (Wildman–Crippen MR) is 125 cm³/mol. The first kappa shape index (κ1) is 23.0. The summed E-state index contributed by atoms with van der Waals surface area (Å²) in [4.78, 5) is 28.7. The topological polar surface area (TPSA) is 123 Å². The predicted octanol–water partition coefficient (Wildman–Crippen LogP) is 3.09. The van der Waals surface area contributed by atoms with Gasteiger partial charge in [0.05, 0.1) is 4.90 Å². The SMILES string of the molecule is C[C@H](N=C1NS(=O)(=O)c2ccccc21)C(=O)OCC(=O)Nc1ccc(Oc2ccccc2)cc1. The molecule has 0 aromatic heterocycles. The molecule has 9 nitrogen and oxygen atoms in total. The van der Waals surface area contributed by atoms with E-state index in [9.17, 15) is 18.0 Å². The van der Waals surface area contributed by atoms with Gasteiger partial charge in [-0.2, -0.15) is 0 Å². The van der Waals surface area contributed by atoms with E-state index >= 15 is 0 Å². The van der Waals surface area contributed by atoms with Gasteiger partial charge in [0, 0.05) is 11.3 Å². The molecule has 4 rings (SSSR count). The summed E-state index contributed by atoms with van der Waals surface area (Å²) in [6.07, 6.45) is 0. The van der Waals surface area contributed by atoms with Gasteiger partial charge in [-0.25, -0.2) is 13.2 Å². The van der Waals surface area contributed by atoms with Crippen molar-refractivity contribution in [3.05, 3.63) is 84.4 Å². The first-order valence-electron chi connectivity index (χ1n) is 10.3. The minimum Gasteiger partial charge on any atom is -0.457 e. The van der Waals surface area contributed by atoms with Crippen molar-refractivity contribution in [2.75, 3.05) is 11.9 Å². The molecular weight excluding hydrogens is 458 g/mol. The Hall–Kier alpha value is -4.18. The smallest absolute Gasteiger partial charge is 0.331 e. The van der Waals surface area contributed by atoms with Crippen LogP contribution in [0.3, 0.4) is 0 Å². The van der Waals surface area contributed by atoms with Gasteiger partial charge in [-0.3, -0.25) is 14.5 Å². The molecule has 0 bridgehead atoms. The molecule has 3 aromatic rings. The second-order valence-electron chi connectivity index (χ2n) is 7.35. The van der Waals surface area contributed by atoms with E-state index in [0.29, 0.717) is 22.7 Å². The normalized spacial score (nSPS) is 15.6. The highest BCUT2D eigenvalue weighted by atomic mass is 32.2. The van der Waals surface area contributed by atoms with Crippen LogP contribution in [0.1, 0.15) is 12.5 Å². The summed E-state index contributed by atoms with van der Waals surface area (Å²) < 4.78 is 37.3. The van der Waals surface area contributed by atoms with Crippen molar-refractivity contribution in [1.82, 2.24) is 4.72 Å². The van der Waals surface area contributed by atoms with Crippen LogP contribution in [-0.2, 0) is 24.3 Å². The van der Waals surface area contributed by atoms with Crippen LogP contribution in [-0.4, -0.2) is 38.8 Å². The van der Waals surface area contributed by atoms with Crippen molar-refractivity contribution in [3.8, 4) is 11.5 Å². The number of para-hydroxylation sites is 1. The molecule has 1 aliphatic rings. The molecule has 1 heterocycles. The lowest BCUT2D eigenvalue weighted by Crippen LogP contribution is -2.28. The lowest BCUT2D eigenvalue weighted by molar-refractivity contribution is -0.148. The molecular formula is C24H21N3O6S. The van der Waals surface area contributed by atoms with E-state index in [4.69, 9.17) is 9.47 Å². The van der Waals surface area contributed by atoms with E-state index in [1.165, 1.54) is 13.0 Å². The minimum absolute atomic E-state index is 0.0577. The van der Waals surface area contributed by atoms with Gasteiger partial charge in [-0.1, -0.05) is 30.3 Å². The maximum absolute atomic E-state index is 12.3. The van der Waals surface area contributed by atoms with Gasteiger partial charge in [0.1, 0.15) is 23.4 Å². The average molecular weight is 480 g/mol. The van der Waals surface area contributed by atoms with Gasteiger partial charge in [0.15, 0.2) is 6.61 Å². The number of carbonyl (C=O) groups is 2. The van der Waals surface area contributed by atoms with Crippen molar-refractivity contribution in [2.24, 2.45) is 4.99 Å². The number of fused-ring (bicyclic) bond motifs is 1. The first-order chi connectivity index (χ1) is 16.3. The van der Waals surface area contributed by atoms with Gasteiger partial charge in [0.25, 0.3) is 15.9 Å². The highest BCUT2D eigenvalue weighted by Gasteiger charge is 2.31. The fourth-order valence-corrected chi connectivity index (χ4v) is 4.40. The number of anilines is 1. The van der Waals surface area contributed by atoms with Gasteiger partial charge in [-0.15, -0.1) is 0 Å². The molecule has 10 heteroatoms. The largest absolute Gasteiger partial charge is 0.457 e. The fourth-order valence-electron chi connectivity index (χ4n) is 3.16. The third kappa shape index (κ3) is 5.41. The van der Waals surface area contributed by atoms with Crippen molar-refractivity contribution in [3.63, 3.8) is 0 Å². The summed E-state index contributed by atoms with van der Waals surface area (Å²) in [7, 11) is -3.71. The van der Waals surface area contributed by atoms with Crippen LogP contribution in [0.25, 0.3) is 0 Å². The maximum atomic E-state index is 12.3. The van der Waals surface area contributed by atoms with Crippen molar-refractivity contribution in [1.29, 1.82) is 0 Å². The molecule has 174 valence electrons. The van der Waals surface area contributed by atoms with Crippen LogP contribution in [0.15, 0.2) is 88.8 Å². The Morgan fingerprint density at radius 3 is 2.32 bits per heavy atom. The molecule has 0 saturated carbocycles. The van der Waals surface area contributed by atoms with E-state index in [0.717, 1.165) is 0 Å². The monoisotopic (exact) mass is 479 g/mol. The Kier molecular flexibility index (Phi) is 6.60. The highest BCUT2D eigenvalue weighted by Crippen LogP contribution is 2.23. The summed E-state index contributed by atoms with van der Waals surface area (Å²) in [5.41, 5.74) is 0.881. The number of nitrogens with one attached hydrogen (secondary N) is 2. The molecule has 34 heavy (non-hydrogen) atoms. The summed E-state index contributed by atoms with van der Waals surface area (Å²) in [6, 6.07) is 21.3. The number of rotatable bonds is 7. The van der Waals surface area contributed by atoms with Crippen LogP contribution < -0.4 is 14.8 Å². The van der Waals surface area contributed by atoms with Crippen molar-refractivity contribution in [2.45, 2.75) is 17.9 Å². The third-order valence-corrected chi connectivity index (χ3v) is 6.19. The first-order valence-corrected chi connectivity index (χ1v) is 11.8. The van der Waals surface area contributed by atoms with Gasteiger partial charge in [0.2, 0.25) is 0 Å². The zero-order chi connectivity index (χ0) is 24.1. The van der Waals surface area contributed by atoms with Crippen LogP contribution in [0.4, 0.5) is 5.69 Å². The van der Waals surface area contributed by atoms with E-state index in [-0.39, 0.29) is 10.7 Å². The van der Waals surface area contributed by atoms with Crippen LogP contribution in [0.5, 0.6) is 11.5 Å². The number of carbonyl (C=O) groups excluding carboxylic acids is 2. The number of nitrogens with zero attached hydrogens (tertiary/aromatic N) is 1. The number of benzene rings is 3. The summed E-state index contributed by atoms with van der Waals surface area (Å²) in [6.45, 7) is 0.937. The van der Waals surface area contributed by atoms with Gasteiger partial charge < -0.3 is 14.8 Å². The maximum Gasteiger partial charge on any atom is 0.331 e. The molecule has 0 fully saturated rings. The van der Waals surface area contributed by atoms with E-state index < -0.39 is 34.5 Å². The zero-order valence-corrected chi connectivity index (χ0v) is 18.9. The van der Waals surface area contributed by atoms with E-state index in [1.54, 1.807) is 42.5 Å². The Labute approximate surface area is 196 Å². The minimum atomic E-state index is -3.71. The molecule has 0 saturated heterocycles. The number of hydrogen-bond acceptors (Lipinski definition) is 7. The van der Waals surface area contributed by atoms with Gasteiger partial charge in [-0.05, 0) is 55.5 Å². The quantitative estimate of drug-likeness (QED) is 0.502. The zero-order valence-electron chi connectivity index (χ0n) is 18.1. The lowest BCUT2D eigenvalue weighted by atomic mass is 10.2. The number of hydrogen-bond donors (Lipinski definition) is 2. The molecule has 1 amide bonds. The van der Waals surface area contributed by atoms with E-state index in [1.807, 2.05) is 30.3 Å².